The summed E-state index contributed by atoms with van der Waals surface area (Å²) in [5.74, 6) is -1.15. The van der Waals surface area contributed by atoms with E-state index < -0.39 is 17.5 Å². The van der Waals surface area contributed by atoms with Crippen LogP contribution < -0.4 is 10.5 Å². The van der Waals surface area contributed by atoms with Gasteiger partial charge in [0.15, 0.2) is 11.3 Å². The minimum atomic E-state index is -4.81. The number of rotatable bonds is 3. The van der Waals surface area contributed by atoms with Crippen molar-refractivity contribution in [2.24, 2.45) is 5.73 Å². The number of para-hydroxylation sites is 1. The van der Waals surface area contributed by atoms with Crippen molar-refractivity contribution in [3.8, 4) is 5.75 Å². The Balaban J connectivity index is 3.22. The smallest absolute Gasteiger partial charge is 0.413 e. The van der Waals surface area contributed by atoms with Crippen LogP contribution in [0.5, 0.6) is 5.75 Å². The van der Waals surface area contributed by atoms with E-state index in [2.05, 4.69) is 0 Å². The highest BCUT2D eigenvalue weighted by Crippen LogP contribution is 2.33. The monoisotopic (exact) mass is 247 g/mol. The van der Waals surface area contributed by atoms with Crippen LogP contribution in [-0.4, -0.2) is 24.6 Å². The number of benzene rings is 1. The predicted octanol–water partition coefficient (Wildman–Crippen LogP) is 2.16. The van der Waals surface area contributed by atoms with Gasteiger partial charge in [-0.2, -0.15) is 13.2 Å². The molecule has 1 aromatic rings. The van der Waals surface area contributed by atoms with E-state index in [9.17, 15) is 18.0 Å². The molecule has 0 saturated heterocycles. The number of nitrogens with two attached hydrogens (primary N) is 1. The predicted molar refractivity (Wildman–Crippen MR) is 56.0 cm³/mol. The summed E-state index contributed by atoms with van der Waals surface area (Å²) in [6.07, 6.45) is -4.81. The van der Waals surface area contributed by atoms with Crippen LogP contribution in [-0.2, 0) is 0 Å². The lowest BCUT2D eigenvalue weighted by molar-refractivity contribution is -0.165. The number of methoxy groups -OCH3 is 1. The van der Waals surface area contributed by atoms with Gasteiger partial charge in [-0.15, -0.1) is 0 Å². The second-order valence-electron chi connectivity index (χ2n) is 3.73. The number of carbonyl (C=O) groups is 1. The first-order chi connectivity index (χ1) is 7.71. The molecule has 0 spiro atoms. The van der Waals surface area contributed by atoms with Crippen LogP contribution in [0, 0.1) is 0 Å². The Bertz CT molecular complexity index is 427. The minimum absolute atomic E-state index is 0.0680. The topological polar surface area (TPSA) is 52.3 Å². The number of hydrogen-bond donors (Lipinski definition) is 1. The Labute approximate surface area is 96.4 Å². The van der Waals surface area contributed by atoms with Crippen LogP contribution in [0.4, 0.5) is 13.2 Å². The molecule has 0 heterocycles. The van der Waals surface area contributed by atoms with E-state index in [-0.39, 0.29) is 11.3 Å². The van der Waals surface area contributed by atoms with Crippen molar-refractivity contribution < 1.29 is 22.7 Å². The first-order valence-corrected chi connectivity index (χ1v) is 4.75. The van der Waals surface area contributed by atoms with Gasteiger partial charge in [0.05, 0.1) is 12.7 Å². The molecule has 1 rings (SSSR count). The number of halogens is 3. The quantitative estimate of drug-likeness (QED) is 0.833. The van der Waals surface area contributed by atoms with Crippen molar-refractivity contribution in [2.75, 3.05) is 7.11 Å². The maximum atomic E-state index is 12.6. The number of ether oxygens (including phenoxy) is 1. The fourth-order valence-corrected chi connectivity index (χ4v) is 1.24. The molecule has 0 aromatic heterocycles. The van der Waals surface area contributed by atoms with Crippen molar-refractivity contribution in [1.82, 2.24) is 0 Å². The molecule has 1 atom stereocenters. The summed E-state index contributed by atoms with van der Waals surface area (Å²) in [5.41, 5.74) is 1.95. The highest BCUT2D eigenvalue weighted by molar-refractivity contribution is 6.05. The standard InChI is InChI=1S/C11H12F3NO2/c1-10(15,11(12,13)14)9(16)7-5-3-4-6-8(7)17-2/h3-6H,15H2,1-2H3. The van der Waals surface area contributed by atoms with Gasteiger partial charge in [0, 0.05) is 0 Å². The van der Waals surface area contributed by atoms with Gasteiger partial charge >= 0.3 is 6.18 Å². The summed E-state index contributed by atoms with van der Waals surface area (Å²) in [4.78, 5) is 11.8. The number of ketones is 1. The number of Topliss-reactive ketones (excluding diaryl/α,β-unsaturated/α-hetero) is 1. The van der Waals surface area contributed by atoms with E-state index in [1.807, 2.05) is 0 Å². The molecule has 3 nitrogen and oxygen atoms in total. The summed E-state index contributed by atoms with van der Waals surface area (Å²) < 4.78 is 42.7. The summed E-state index contributed by atoms with van der Waals surface area (Å²) in [6, 6.07) is 5.65. The molecule has 1 aromatic carbocycles. The van der Waals surface area contributed by atoms with E-state index in [1.165, 1.54) is 25.3 Å². The molecule has 0 amide bonds. The van der Waals surface area contributed by atoms with Gasteiger partial charge in [0.25, 0.3) is 0 Å². The molecule has 0 aliphatic heterocycles. The Hall–Kier alpha value is -1.56. The minimum Gasteiger partial charge on any atom is -0.496 e. The van der Waals surface area contributed by atoms with Gasteiger partial charge in [-0.3, -0.25) is 4.79 Å². The molecule has 17 heavy (non-hydrogen) atoms. The van der Waals surface area contributed by atoms with Crippen LogP contribution in [0.2, 0.25) is 0 Å². The normalized spacial score (nSPS) is 15.2. The van der Waals surface area contributed by atoms with Crippen LogP contribution in [0.25, 0.3) is 0 Å². The molecular weight excluding hydrogens is 235 g/mol. The molecule has 1 unspecified atom stereocenters. The van der Waals surface area contributed by atoms with Crippen molar-refractivity contribution in [2.45, 2.75) is 18.6 Å². The van der Waals surface area contributed by atoms with E-state index in [1.54, 1.807) is 6.07 Å². The number of alkyl halides is 3. The molecular formula is C11H12F3NO2. The Morgan fingerprint density at radius 3 is 2.29 bits per heavy atom. The second kappa shape index (κ2) is 4.37. The SMILES string of the molecule is COc1ccccc1C(=O)C(C)(N)C(F)(F)F. The van der Waals surface area contributed by atoms with Gasteiger partial charge in [0.2, 0.25) is 0 Å². The van der Waals surface area contributed by atoms with Crippen LogP contribution in [0.15, 0.2) is 24.3 Å². The first kappa shape index (κ1) is 13.5. The maximum Gasteiger partial charge on any atom is 0.413 e. The molecule has 0 saturated carbocycles. The Morgan fingerprint density at radius 2 is 1.82 bits per heavy atom. The van der Waals surface area contributed by atoms with Crippen LogP contribution >= 0.6 is 0 Å². The Kier molecular flexibility index (Phi) is 3.47. The summed E-state index contributed by atoms with van der Waals surface area (Å²) >= 11 is 0. The van der Waals surface area contributed by atoms with Crippen molar-refractivity contribution >= 4 is 5.78 Å². The van der Waals surface area contributed by atoms with Gasteiger partial charge in [-0.1, -0.05) is 12.1 Å². The highest BCUT2D eigenvalue weighted by atomic mass is 19.4. The maximum absolute atomic E-state index is 12.6. The van der Waals surface area contributed by atoms with E-state index in [4.69, 9.17) is 10.5 Å². The van der Waals surface area contributed by atoms with E-state index in [0.717, 1.165) is 0 Å². The van der Waals surface area contributed by atoms with Gasteiger partial charge in [0.1, 0.15) is 5.75 Å². The van der Waals surface area contributed by atoms with Gasteiger partial charge < -0.3 is 10.5 Å². The second-order valence-corrected chi connectivity index (χ2v) is 3.73. The zero-order valence-electron chi connectivity index (χ0n) is 9.34. The molecule has 94 valence electrons. The van der Waals surface area contributed by atoms with E-state index in [0.29, 0.717) is 6.92 Å². The lowest BCUT2D eigenvalue weighted by atomic mass is 9.91. The Morgan fingerprint density at radius 1 is 1.29 bits per heavy atom. The van der Waals surface area contributed by atoms with Crippen LogP contribution in [0.3, 0.4) is 0 Å². The number of hydrogen-bond acceptors (Lipinski definition) is 3. The zero-order valence-corrected chi connectivity index (χ0v) is 9.34. The zero-order chi connectivity index (χ0) is 13.3. The third-order valence-electron chi connectivity index (χ3n) is 2.41. The largest absolute Gasteiger partial charge is 0.496 e. The molecule has 0 aliphatic carbocycles. The number of carbonyl (C=O) groups excluding carboxylic acids is 1. The third-order valence-corrected chi connectivity index (χ3v) is 2.41. The summed E-state index contributed by atoms with van der Waals surface area (Å²) in [5, 5.41) is 0. The fraction of sp³-hybridized carbons (Fsp3) is 0.364. The fourth-order valence-electron chi connectivity index (χ4n) is 1.24. The highest BCUT2D eigenvalue weighted by Gasteiger charge is 2.54. The average molecular weight is 247 g/mol. The van der Waals surface area contributed by atoms with Gasteiger partial charge in [-0.05, 0) is 19.1 Å². The van der Waals surface area contributed by atoms with Crippen LogP contribution in [0.1, 0.15) is 17.3 Å². The van der Waals surface area contributed by atoms with E-state index >= 15 is 0 Å². The first-order valence-electron chi connectivity index (χ1n) is 4.75. The molecule has 0 bridgehead atoms. The summed E-state index contributed by atoms with van der Waals surface area (Å²) in [6.45, 7) is 0.641. The average Bonchev–Trinajstić information content (AvgIpc) is 2.26. The molecule has 0 fully saturated rings. The lowest BCUT2D eigenvalue weighted by Crippen LogP contribution is -2.57. The van der Waals surface area contributed by atoms with Crippen molar-refractivity contribution in [3.63, 3.8) is 0 Å². The molecule has 6 heteroatoms. The molecule has 0 aliphatic rings. The lowest BCUT2D eigenvalue weighted by Gasteiger charge is -2.26. The molecule has 0 radical (unpaired) electrons. The van der Waals surface area contributed by atoms with Crippen molar-refractivity contribution in [3.05, 3.63) is 29.8 Å². The third kappa shape index (κ3) is 2.41. The van der Waals surface area contributed by atoms with Crippen molar-refractivity contribution in [1.29, 1.82) is 0 Å². The molecule has 2 N–H and O–H groups in total. The summed E-state index contributed by atoms with van der Waals surface area (Å²) in [7, 11) is 1.27. The van der Waals surface area contributed by atoms with Gasteiger partial charge in [-0.25, -0.2) is 0 Å².